The molecule has 104 valence electrons. The molecule has 1 aromatic carbocycles. The molecule has 3 N–H and O–H groups in total. The van der Waals surface area contributed by atoms with Crippen molar-refractivity contribution in [2.24, 2.45) is 0 Å². The highest BCUT2D eigenvalue weighted by atomic mass is 16.2. The lowest BCUT2D eigenvalue weighted by Gasteiger charge is -2.24. The Hall–Kier alpha value is -1.39. The van der Waals surface area contributed by atoms with Gasteiger partial charge >= 0.3 is 0 Å². The van der Waals surface area contributed by atoms with E-state index in [1.807, 2.05) is 0 Å². The topological polar surface area (TPSA) is 53.2 Å². The van der Waals surface area contributed by atoms with E-state index < -0.39 is 0 Å². The molecule has 1 fully saturated rings. The minimum Gasteiger partial charge on any atom is -0.324 e. The summed E-state index contributed by atoms with van der Waals surface area (Å²) in [5.41, 5.74) is 3.41. The minimum absolute atomic E-state index is 0.0581. The Morgan fingerprint density at radius 2 is 1.95 bits per heavy atom. The summed E-state index contributed by atoms with van der Waals surface area (Å²) >= 11 is 0. The molecule has 4 heteroatoms. The second kappa shape index (κ2) is 6.68. The second-order valence-electron chi connectivity index (χ2n) is 4.86. The van der Waals surface area contributed by atoms with Gasteiger partial charge in [0.15, 0.2) is 0 Å². The first-order valence-corrected chi connectivity index (χ1v) is 7.12. The van der Waals surface area contributed by atoms with Gasteiger partial charge in [0.2, 0.25) is 5.91 Å². The average molecular weight is 261 g/mol. The fourth-order valence-electron chi connectivity index (χ4n) is 2.45. The second-order valence-corrected chi connectivity index (χ2v) is 4.86. The number of nitrogens with one attached hydrogen (secondary N) is 3. The van der Waals surface area contributed by atoms with Gasteiger partial charge in [0.25, 0.3) is 0 Å². The van der Waals surface area contributed by atoms with Gasteiger partial charge in [-0.05, 0) is 24.0 Å². The molecule has 1 atom stereocenters. The molecule has 1 amide bonds. The maximum atomic E-state index is 12.3. The summed E-state index contributed by atoms with van der Waals surface area (Å²) in [5, 5.41) is 9.58. The highest BCUT2D eigenvalue weighted by Crippen LogP contribution is 2.22. The molecule has 1 aliphatic heterocycles. The molecule has 0 spiro atoms. The Kier molecular flexibility index (Phi) is 4.93. The van der Waals surface area contributed by atoms with Gasteiger partial charge in [-0.15, -0.1) is 0 Å². The van der Waals surface area contributed by atoms with Crippen LogP contribution in [0.25, 0.3) is 0 Å². The van der Waals surface area contributed by atoms with Crippen LogP contribution in [0.2, 0.25) is 0 Å². The van der Waals surface area contributed by atoms with Gasteiger partial charge in [-0.1, -0.05) is 32.0 Å². The molecule has 1 heterocycles. The summed E-state index contributed by atoms with van der Waals surface area (Å²) in [6.07, 6.45) is 1.86. The Balaban J connectivity index is 2.15. The number of carbonyl (C=O) groups is 1. The largest absolute Gasteiger partial charge is 0.324 e. The molecule has 2 rings (SSSR count). The summed E-state index contributed by atoms with van der Waals surface area (Å²) in [4.78, 5) is 12.3. The molecule has 1 unspecified atom stereocenters. The van der Waals surface area contributed by atoms with Gasteiger partial charge in [-0.25, -0.2) is 0 Å². The first-order valence-electron chi connectivity index (χ1n) is 7.12. The van der Waals surface area contributed by atoms with Crippen molar-refractivity contribution in [1.29, 1.82) is 0 Å². The van der Waals surface area contributed by atoms with Crippen LogP contribution in [0.5, 0.6) is 0 Å². The van der Waals surface area contributed by atoms with Crippen LogP contribution in [-0.4, -0.2) is 31.6 Å². The third-order valence-electron chi connectivity index (χ3n) is 3.60. The van der Waals surface area contributed by atoms with Crippen LogP contribution >= 0.6 is 0 Å². The SMILES string of the molecule is CCc1cccc(CC)c1NC(=O)C1CNCCN1. The Labute approximate surface area is 115 Å². The number of carbonyl (C=O) groups excluding carboxylic acids is 1. The molecule has 0 radical (unpaired) electrons. The predicted molar refractivity (Wildman–Crippen MR) is 78.5 cm³/mol. The van der Waals surface area contributed by atoms with Crippen LogP contribution in [0.4, 0.5) is 5.69 Å². The van der Waals surface area contributed by atoms with E-state index in [1.165, 1.54) is 11.1 Å². The smallest absolute Gasteiger partial charge is 0.242 e. The molecule has 1 saturated heterocycles. The van der Waals surface area contributed by atoms with E-state index in [-0.39, 0.29) is 11.9 Å². The maximum Gasteiger partial charge on any atom is 0.242 e. The number of piperazine rings is 1. The first kappa shape index (κ1) is 14.0. The molecular weight excluding hydrogens is 238 g/mol. The van der Waals surface area contributed by atoms with Crippen molar-refractivity contribution in [3.05, 3.63) is 29.3 Å². The number of aryl methyl sites for hydroxylation is 2. The monoisotopic (exact) mass is 261 g/mol. The Morgan fingerprint density at radius 3 is 2.47 bits per heavy atom. The van der Waals surface area contributed by atoms with E-state index in [9.17, 15) is 4.79 Å². The summed E-state index contributed by atoms with van der Waals surface area (Å²) in [5.74, 6) is 0.0581. The number of anilines is 1. The normalized spacial score (nSPS) is 19.2. The van der Waals surface area contributed by atoms with E-state index in [1.54, 1.807) is 0 Å². The van der Waals surface area contributed by atoms with E-state index in [0.29, 0.717) is 6.54 Å². The minimum atomic E-state index is -0.136. The number of para-hydroxylation sites is 1. The maximum absolute atomic E-state index is 12.3. The van der Waals surface area contributed by atoms with Gasteiger partial charge in [-0.2, -0.15) is 0 Å². The Morgan fingerprint density at radius 1 is 1.26 bits per heavy atom. The van der Waals surface area contributed by atoms with Crippen molar-refractivity contribution >= 4 is 11.6 Å². The van der Waals surface area contributed by atoms with Gasteiger partial charge in [0.05, 0.1) is 6.04 Å². The number of rotatable bonds is 4. The van der Waals surface area contributed by atoms with Crippen molar-refractivity contribution in [3.8, 4) is 0 Å². The van der Waals surface area contributed by atoms with Crippen LogP contribution in [0, 0.1) is 0 Å². The number of amides is 1. The van der Waals surface area contributed by atoms with Gasteiger partial charge in [0.1, 0.15) is 0 Å². The lowest BCUT2D eigenvalue weighted by Crippen LogP contribution is -2.54. The molecule has 1 aliphatic rings. The first-order chi connectivity index (χ1) is 9.26. The summed E-state index contributed by atoms with van der Waals surface area (Å²) < 4.78 is 0. The number of hydrogen-bond acceptors (Lipinski definition) is 3. The zero-order valence-corrected chi connectivity index (χ0v) is 11.8. The zero-order valence-electron chi connectivity index (χ0n) is 11.8. The van der Waals surface area contributed by atoms with E-state index in [0.717, 1.165) is 31.6 Å². The third-order valence-corrected chi connectivity index (χ3v) is 3.60. The van der Waals surface area contributed by atoms with Crippen molar-refractivity contribution in [2.45, 2.75) is 32.7 Å². The lowest BCUT2D eigenvalue weighted by molar-refractivity contribution is -0.118. The molecule has 0 saturated carbocycles. The fourth-order valence-corrected chi connectivity index (χ4v) is 2.45. The van der Waals surface area contributed by atoms with Crippen LogP contribution < -0.4 is 16.0 Å². The summed E-state index contributed by atoms with van der Waals surface area (Å²) in [7, 11) is 0. The van der Waals surface area contributed by atoms with Gasteiger partial charge in [0, 0.05) is 25.3 Å². The average Bonchev–Trinajstić information content (AvgIpc) is 2.48. The summed E-state index contributed by atoms with van der Waals surface area (Å²) in [6, 6.07) is 6.10. The van der Waals surface area contributed by atoms with Crippen molar-refractivity contribution in [3.63, 3.8) is 0 Å². The van der Waals surface area contributed by atoms with Crippen LogP contribution in [-0.2, 0) is 17.6 Å². The Bertz CT molecular complexity index is 417. The van der Waals surface area contributed by atoms with E-state index in [4.69, 9.17) is 0 Å². The molecule has 1 aromatic rings. The number of hydrogen-bond donors (Lipinski definition) is 3. The lowest BCUT2D eigenvalue weighted by atomic mass is 10.0. The quantitative estimate of drug-likeness (QED) is 0.766. The molecule has 4 nitrogen and oxygen atoms in total. The standard InChI is InChI=1S/C15H23N3O/c1-3-11-6-5-7-12(4-2)14(11)18-15(19)13-10-16-8-9-17-13/h5-7,13,16-17H,3-4,8-10H2,1-2H3,(H,18,19). The fraction of sp³-hybridized carbons (Fsp3) is 0.533. The van der Waals surface area contributed by atoms with Crippen molar-refractivity contribution in [1.82, 2.24) is 10.6 Å². The van der Waals surface area contributed by atoms with Crippen molar-refractivity contribution < 1.29 is 4.79 Å². The summed E-state index contributed by atoms with van der Waals surface area (Å²) in [6.45, 7) is 6.70. The molecular formula is C15H23N3O. The zero-order chi connectivity index (χ0) is 13.7. The van der Waals surface area contributed by atoms with Gasteiger partial charge in [-0.3, -0.25) is 4.79 Å². The highest BCUT2D eigenvalue weighted by Gasteiger charge is 2.21. The molecule has 19 heavy (non-hydrogen) atoms. The predicted octanol–water partition coefficient (Wildman–Crippen LogP) is 1.31. The third kappa shape index (κ3) is 3.33. The van der Waals surface area contributed by atoms with Gasteiger partial charge < -0.3 is 16.0 Å². The van der Waals surface area contributed by atoms with Crippen LogP contribution in [0.1, 0.15) is 25.0 Å². The van der Waals surface area contributed by atoms with Crippen molar-refractivity contribution in [2.75, 3.05) is 25.0 Å². The van der Waals surface area contributed by atoms with Crippen LogP contribution in [0.3, 0.4) is 0 Å². The molecule has 0 aromatic heterocycles. The highest BCUT2D eigenvalue weighted by molar-refractivity contribution is 5.96. The van der Waals surface area contributed by atoms with E-state index >= 15 is 0 Å². The number of benzene rings is 1. The molecule has 0 bridgehead atoms. The van der Waals surface area contributed by atoms with E-state index in [2.05, 4.69) is 48.0 Å². The van der Waals surface area contributed by atoms with Crippen LogP contribution in [0.15, 0.2) is 18.2 Å². The molecule has 0 aliphatic carbocycles.